The van der Waals surface area contributed by atoms with Gasteiger partial charge in [0.1, 0.15) is 5.58 Å². The van der Waals surface area contributed by atoms with Crippen molar-refractivity contribution < 1.29 is 4.42 Å². The highest BCUT2D eigenvalue weighted by Gasteiger charge is 2.51. The van der Waals surface area contributed by atoms with Crippen LogP contribution in [-0.4, -0.2) is 35.9 Å². The number of nitrogens with zero attached hydrogens (tertiary/aromatic N) is 7. The van der Waals surface area contributed by atoms with Gasteiger partial charge in [-0.05, 0) is 19.1 Å². The SMILES string of the molecule is CC12C=CC=CC1N(c1nc(-c3ccccc3)nc(-c3ccccc3)n1)c1c2c(-c2nc(-c3ccccc3)nc(-c3ccccc3)n2)cc2c1oc1ccccc12. The van der Waals surface area contributed by atoms with E-state index in [2.05, 4.69) is 48.3 Å². The summed E-state index contributed by atoms with van der Waals surface area (Å²) in [5.41, 5.74) is 7.34. The number of anilines is 2. The summed E-state index contributed by atoms with van der Waals surface area (Å²) in [6.07, 6.45) is 8.71. The minimum atomic E-state index is -0.578. The number of aromatic nitrogens is 6. The molecule has 0 radical (unpaired) electrons. The molecule has 2 aliphatic rings. The number of fused-ring (bicyclic) bond motifs is 7. The van der Waals surface area contributed by atoms with Crippen molar-refractivity contribution in [3.8, 4) is 56.9 Å². The molecular weight excluding hydrogens is 703 g/mol. The molecule has 57 heavy (non-hydrogen) atoms. The Morgan fingerprint density at radius 1 is 0.509 bits per heavy atom. The largest absolute Gasteiger partial charge is 0.454 e. The first-order valence-corrected chi connectivity index (χ1v) is 19.0. The molecule has 8 nitrogen and oxygen atoms in total. The molecule has 0 saturated carbocycles. The first kappa shape index (κ1) is 32.8. The number of para-hydroxylation sites is 1. The minimum Gasteiger partial charge on any atom is -0.454 e. The van der Waals surface area contributed by atoms with Crippen LogP contribution in [0.1, 0.15) is 12.5 Å². The van der Waals surface area contributed by atoms with Gasteiger partial charge in [0.05, 0.1) is 11.7 Å². The van der Waals surface area contributed by atoms with Crippen LogP contribution in [0.3, 0.4) is 0 Å². The molecule has 0 N–H and O–H groups in total. The van der Waals surface area contributed by atoms with Crippen molar-refractivity contribution in [1.82, 2.24) is 29.9 Å². The number of allylic oxidation sites excluding steroid dienone is 2. The van der Waals surface area contributed by atoms with E-state index in [9.17, 15) is 0 Å². The van der Waals surface area contributed by atoms with Gasteiger partial charge >= 0.3 is 0 Å². The summed E-state index contributed by atoms with van der Waals surface area (Å²) in [5.74, 6) is 3.44. The fourth-order valence-corrected chi connectivity index (χ4v) is 8.30. The van der Waals surface area contributed by atoms with Crippen molar-refractivity contribution in [3.63, 3.8) is 0 Å². The average molecular weight is 736 g/mol. The normalized spacial score (nSPS) is 16.9. The average Bonchev–Trinajstić information content (AvgIpc) is 3.80. The molecule has 4 heterocycles. The van der Waals surface area contributed by atoms with E-state index in [0.717, 1.165) is 61.0 Å². The van der Waals surface area contributed by atoms with Gasteiger partial charge in [-0.3, -0.25) is 4.90 Å². The molecule has 2 atom stereocenters. The van der Waals surface area contributed by atoms with Gasteiger partial charge in [0.25, 0.3) is 0 Å². The standard InChI is InChI=1S/C49H33N7O/c1-49-29-17-16-28-39(49)56(48-54-45(33-22-10-4-11-23-33)51-46(55-48)34-24-12-5-13-25-34)41-40(49)37(30-36-35-26-14-15-27-38(35)57-42(36)41)47-52-43(31-18-6-2-7-19-31)50-44(53-47)32-20-8-3-9-21-32/h2-30,39H,1H3. The molecule has 8 heteroatoms. The van der Waals surface area contributed by atoms with Crippen LogP contribution in [0.2, 0.25) is 0 Å². The van der Waals surface area contributed by atoms with E-state index in [1.807, 2.05) is 140 Å². The smallest absolute Gasteiger partial charge is 0.234 e. The molecule has 270 valence electrons. The maximum Gasteiger partial charge on any atom is 0.234 e. The van der Waals surface area contributed by atoms with Crippen LogP contribution >= 0.6 is 0 Å². The highest BCUT2D eigenvalue weighted by atomic mass is 16.3. The molecule has 1 aliphatic carbocycles. The number of hydrogen-bond acceptors (Lipinski definition) is 8. The lowest BCUT2D eigenvalue weighted by Gasteiger charge is -2.33. The van der Waals surface area contributed by atoms with Crippen LogP contribution in [0.25, 0.3) is 78.9 Å². The maximum atomic E-state index is 6.89. The van der Waals surface area contributed by atoms with Gasteiger partial charge in [0.2, 0.25) is 5.95 Å². The third-order valence-corrected chi connectivity index (χ3v) is 11.0. The van der Waals surface area contributed by atoms with Gasteiger partial charge in [-0.15, -0.1) is 0 Å². The molecule has 3 aromatic heterocycles. The summed E-state index contributed by atoms with van der Waals surface area (Å²) in [7, 11) is 0. The molecule has 0 amide bonds. The third kappa shape index (κ3) is 5.37. The van der Waals surface area contributed by atoms with Crippen molar-refractivity contribution >= 4 is 33.6 Å². The maximum absolute atomic E-state index is 6.89. The fraction of sp³-hybridized carbons (Fsp3) is 0.0612. The molecule has 11 rings (SSSR count). The van der Waals surface area contributed by atoms with E-state index >= 15 is 0 Å². The van der Waals surface area contributed by atoms with E-state index in [0.29, 0.717) is 35.1 Å². The summed E-state index contributed by atoms with van der Waals surface area (Å²) in [5, 5.41) is 1.94. The molecular formula is C49H33N7O. The van der Waals surface area contributed by atoms with Gasteiger partial charge < -0.3 is 4.42 Å². The molecule has 1 aliphatic heterocycles. The van der Waals surface area contributed by atoms with Crippen molar-refractivity contribution in [1.29, 1.82) is 0 Å². The summed E-state index contributed by atoms with van der Waals surface area (Å²) in [6.45, 7) is 2.27. The van der Waals surface area contributed by atoms with Gasteiger partial charge in [-0.1, -0.05) is 164 Å². The lowest BCUT2D eigenvalue weighted by molar-refractivity contribution is 0.546. The molecule has 9 aromatic rings. The van der Waals surface area contributed by atoms with Crippen molar-refractivity contribution in [2.75, 3.05) is 4.90 Å². The Morgan fingerprint density at radius 3 is 1.53 bits per heavy atom. The molecule has 6 aromatic carbocycles. The first-order chi connectivity index (χ1) is 28.1. The number of benzene rings is 6. The lowest BCUT2D eigenvalue weighted by Crippen LogP contribution is -2.40. The minimum absolute atomic E-state index is 0.228. The zero-order chi connectivity index (χ0) is 37.9. The van der Waals surface area contributed by atoms with E-state index in [4.69, 9.17) is 34.3 Å². The Morgan fingerprint density at radius 2 is 0.982 bits per heavy atom. The summed E-state index contributed by atoms with van der Waals surface area (Å²) in [4.78, 5) is 33.4. The Bertz CT molecular complexity index is 2920. The van der Waals surface area contributed by atoms with Crippen LogP contribution in [0.4, 0.5) is 11.6 Å². The lowest BCUT2D eigenvalue weighted by atomic mass is 9.74. The molecule has 0 bridgehead atoms. The number of rotatable bonds is 6. The number of furan rings is 1. The van der Waals surface area contributed by atoms with Crippen LogP contribution in [0.5, 0.6) is 0 Å². The fourth-order valence-electron chi connectivity index (χ4n) is 8.30. The third-order valence-electron chi connectivity index (χ3n) is 11.0. The van der Waals surface area contributed by atoms with Crippen LogP contribution in [0, 0.1) is 0 Å². The predicted molar refractivity (Wildman–Crippen MR) is 226 cm³/mol. The van der Waals surface area contributed by atoms with Crippen molar-refractivity contribution in [2.24, 2.45) is 0 Å². The Balaban J connectivity index is 1.25. The zero-order valence-electron chi connectivity index (χ0n) is 30.9. The van der Waals surface area contributed by atoms with Crippen molar-refractivity contribution in [2.45, 2.75) is 18.4 Å². The van der Waals surface area contributed by atoms with Crippen LogP contribution in [0.15, 0.2) is 180 Å². The Labute approximate surface area is 328 Å². The first-order valence-electron chi connectivity index (χ1n) is 19.0. The molecule has 0 saturated heterocycles. The van der Waals surface area contributed by atoms with Crippen molar-refractivity contribution in [3.05, 3.63) is 182 Å². The highest BCUT2D eigenvalue weighted by Crippen LogP contribution is 2.57. The summed E-state index contributed by atoms with van der Waals surface area (Å²) < 4.78 is 6.89. The molecule has 2 unspecified atom stereocenters. The second-order valence-corrected chi connectivity index (χ2v) is 14.5. The second-order valence-electron chi connectivity index (χ2n) is 14.5. The van der Waals surface area contributed by atoms with E-state index < -0.39 is 5.41 Å². The van der Waals surface area contributed by atoms with Gasteiger partial charge in [-0.2, -0.15) is 9.97 Å². The Kier molecular flexibility index (Phi) is 7.50. The Hall–Kier alpha value is -7.58. The van der Waals surface area contributed by atoms with Crippen LogP contribution < -0.4 is 4.90 Å². The van der Waals surface area contributed by atoms with Gasteiger partial charge in [-0.25, -0.2) is 19.9 Å². The topological polar surface area (TPSA) is 93.7 Å². The summed E-state index contributed by atoms with van der Waals surface area (Å²) >= 11 is 0. The second kappa shape index (κ2) is 13.0. The zero-order valence-corrected chi connectivity index (χ0v) is 30.9. The summed E-state index contributed by atoms with van der Waals surface area (Å²) in [6, 6.07) is 50.5. The van der Waals surface area contributed by atoms with E-state index in [1.54, 1.807) is 0 Å². The van der Waals surface area contributed by atoms with E-state index in [-0.39, 0.29) is 6.04 Å². The van der Waals surface area contributed by atoms with E-state index in [1.165, 1.54) is 0 Å². The molecule has 0 fully saturated rings. The predicted octanol–water partition coefficient (Wildman–Crippen LogP) is 11.2. The van der Waals surface area contributed by atoms with Gasteiger partial charge in [0, 0.05) is 49.6 Å². The quantitative estimate of drug-likeness (QED) is 0.167. The van der Waals surface area contributed by atoms with Crippen LogP contribution in [-0.2, 0) is 5.41 Å². The number of hydrogen-bond donors (Lipinski definition) is 0. The monoisotopic (exact) mass is 735 g/mol. The highest BCUT2D eigenvalue weighted by molar-refractivity contribution is 6.13. The van der Waals surface area contributed by atoms with Gasteiger partial charge in [0.15, 0.2) is 34.7 Å². The molecule has 0 spiro atoms.